The van der Waals surface area contributed by atoms with Crippen LogP contribution in [-0.2, 0) is 27.2 Å². The summed E-state index contributed by atoms with van der Waals surface area (Å²) in [7, 11) is -8.50. The maximum absolute atomic E-state index is 13.5. The van der Waals surface area contributed by atoms with Gasteiger partial charge in [0.05, 0.1) is 0 Å². The quantitative estimate of drug-likeness (QED) is 0.312. The van der Waals surface area contributed by atoms with E-state index in [2.05, 4.69) is 58.9 Å². The Balaban J connectivity index is 2.62. The van der Waals surface area contributed by atoms with Crippen molar-refractivity contribution in [1.29, 1.82) is 0 Å². The first kappa shape index (κ1) is 31.4. The fourth-order valence-corrected chi connectivity index (χ4v) is 7.76. The molecule has 1 heterocycles. The minimum atomic E-state index is -2.19. The maximum Gasteiger partial charge on any atom is 0.324 e. The molecule has 1 aromatic rings. The van der Waals surface area contributed by atoms with Crippen LogP contribution in [0.2, 0.25) is 78.6 Å². The van der Waals surface area contributed by atoms with Crippen LogP contribution in [0.4, 0.5) is 0 Å². The van der Waals surface area contributed by atoms with Crippen molar-refractivity contribution in [2.45, 2.75) is 116 Å². The highest BCUT2D eigenvalue weighted by Gasteiger charge is 2.55. The highest BCUT2D eigenvalue weighted by atomic mass is 28.4. The Morgan fingerprint density at radius 1 is 0.667 bits per heavy atom. The van der Waals surface area contributed by atoms with Crippen LogP contribution in [0.3, 0.4) is 0 Å². The number of ether oxygens (including phenoxy) is 2. The molecule has 1 fully saturated rings. The van der Waals surface area contributed by atoms with Gasteiger partial charge in [0, 0.05) is 0 Å². The number of benzene rings is 1. The largest absolute Gasteiger partial charge is 0.518 e. The van der Waals surface area contributed by atoms with Crippen LogP contribution in [0, 0.1) is 6.92 Å². The predicted molar refractivity (Wildman–Crippen MR) is 155 cm³/mol. The molecule has 5 unspecified atom stereocenters. The van der Waals surface area contributed by atoms with Crippen LogP contribution in [0.25, 0.3) is 0 Å². The molecule has 0 radical (unpaired) electrons. The highest BCUT2D eigenvalue weighted by Crippen LogP contribution is 2.35. The zero-order chi connectivity index (χ0) is 27.7. The third kappa shape index (κ3) is 10.5. The SMILES string of the molecule is Cc1ccc(OC2OC(C(=O)O[Si](C)(C)C)C(O[Si](C)(C)C)C(O[Si](C)(C)C)C2O[Si](C)(C)C)cc1. The summed E-state index contributed by atoms with van der Waals surface area (Å²) >= 11 is 0. The van der Waals surface area contributed by atoms with Crippen molar-refractivity contribution in [3.63, 3.8) is 0 Å². The van der Waals surface area contributed by atoms with Crippen molar-refractivity contribution >= 4 is 39.2 Å². The lowest BCUT2D eigenvalue weighted by molar-refractivity contribution is -0.260. The van der Waals surface area contributed by atoms with E-state index < -0.39 is 69.9 Å². The molecular formula is C25H48O7Si4. The fraction of sp³-hybridized carbons (Fsp3) is 0.720. The summed E-state index contributed by atoms with van der Waals surface area (Å²) in [5.74, 6) is 0.217. The standard InChI is InChI=1S/C25H48O7Si4/c1-18-14-16-19(17-15-18)27-25-23(31-35(8,9)10)21(30-34(5,6)7)20(29-33(2,3)4)22(28-25)24(26)32-36(11,12)13/h14-17,20-23,25H,1-13H3. The molecule has 5 atom stereocenters. The third-order valence-corrected chi connectivity index (χ3v) is 8.63. The fourth-order valence-electron chi connectivity index (χ4n) is 3.82. The zero-order valence-corrected chi connectivity index (χ0v) is 28.6. The van der Waals surface area contributed by atoms with Crippen molar-refractivity contribution < 1.29 is 32.0 Å². The Labute approximate surface area is 222 Å². The molecule has 2 rings (SSSR count). The second-order valence-electron chi connectivity index (χ2n) is 13.5. The van der Waals surface area contributed by atoms with Gasteiger partial charge in [0.1, 0.15) is 24.1 Å². The van der Waals surface area contributed by atoms with Crippen molar-refractivity contribution in [1.82, 2.24) is 0 Å². The van der Waals surface area contributed by atoms with Gasteiger partial charge in [0.25, 0.3) is 0 Å². The lowest BCUT2D eigenvalue weighted by atomic mass is 9.99. The predicted octanol–water partition coefficient (Wildman–Crippen LogP) is 6.14. The van der Waals surface area contributed by atoms with Crippen LogP contribution in [-0.4, -0.2) is 69.9 Å². The number of hydrogen-bond donors (Lipinski definition) is 0. The van der Waals surface area contributed by atoms with E-state index in [0.717, 1.165) is 5.56 Å². The topological polar surface area (TPSA) is 72.5 Å². The second-order valence-corrected chi connectivity index (χ2v) is 31.3. The number of hydrogen-bond acceptors (Lipinski definition) is 7. The highest BCUT2D eigenvalue weighted by molar-refractivity contribution is 6.71. The van der Waals surface area contributed by atoms with Gasteiger partial charge in [-0.25, -0.2) is 0 Å². The lowest BCUT2D eigenvalue weighted by Crippen LogP contribution is -2.68. The Bertz CT molecular complexity index is 867. The Hall–Kier alpha value is -0.802. The van der Waals surface area contributed by atoms with Crippen LogP contribution < -0.4 is 4.74 Å². The molecule has 11 heteroatoms. The summed E-state index contributed by atoms with van der Waals surface area (Å²) in [5, 5.41) is 0. The monoisotopic (exact) mass is 572 g/mol. The Morgan fingerprint density at radius 2 is 1.11 bits per heavy atom. The van der Waals surface area contributed by atoms with Gasteiger partial charge in [0.2, 0.25) is 14.6 Å². The molecule has 0 aromatic heterocycles. The minimum Gasteiger partial charge on any atom is -0.518 e. The molecule has 36 heavy (non-hydrogen) atoms. The minimum absolute atomic E-state index is 0.425. The first-order chi connectivity index (χ1) is 16.1. The van der Waals surface area contributed by atoms with E-state index in [1.165, 1.54) is 0 Å². The molecule has 206 valence electrons. The third-order valence-electron chi connectivity index (χ3n) is 4.88. The van der Waals surface area contributed by atoms with Crippen molar-refractivity contribution in [3.8, 4) is 5.75 Å². The van der Waals surface area contributed by atoms with Crippen molar-refractivity contribution in [2.24, 2.45) is 0 Å². The second kappa shape index (κ2) is 11.5. The van der Waals surface area contributed by atoms with Gasteiger partial charge in [-0.1, -0.05) is 17.7 Å². The van der Waals surface area contributed by atoms with E-state index in [4.69, 9.17) is 27.2 Å². The average molecular weight is 573 g/mol. The number of carbonyl (C=O) groups excluding carboxylic acids is 1. The van der Waals surface area contributed by atoms with Crippen molar-refractivity contribution in [2.75, 3.05) is 0 Å². The normalized spacial score (nSPS) is 26.0. The molecule has 1 saturated heterocycles. The summed E-state index contributed by atoms with van der Waals surface area (Å²) in [6, 6.07) is 7.77. The van der Waals surface area contributed by atoms with Crippen molar-refractivity contribution in [3.05, 3.63) is 29.8 Å². The summed E-state index contributed by atoms with van der Waals surface area (Å²) in [6.07, 6.45) is -3.62. The number of carbonyl (C=O) groups is 1. The molecule has 7 nitrogen and oxygen atoms in total. The van der Waals surface area contributed by atoms with E-state index >= 15 is 0 Å². The molecule has 0 aliphatic carbocycles. The molecule has 0 spiro atoms. The molecule has 1 aliphatic heterocycles. The molecular weight excluding hydrogens is 525 g/mol. The lowest BCUT2D eigenvalue weighted by Gasteiger charge is -2.49. The zero-order valence-electron chi connectivity index (χ0n) is 24.6. The Kier molecular flexibility index (Phi) is 10.1. The van der Waals surface area contributed by atoms with Crippen LogP contribution in [0.15, 0.2) is 24.3 Å². The van der Waals surface area contributed by atoms with Crippen LogP contribution >= 0.6 is 0 Å². The van der Waals surface area contributed by atoms with Gasteiger partial charge in [-0.05, 0) is 97.6 Å². The van der Waals surface area contributed by atoms with E-state index in [0.29, 0.717) is 5.75 Å². The molecule has 0 saturated carbocycles. The van der Waals surface area contributed by atoms with E-state index in [1.54, 1.807) is 0 Å². The van der Waals surface area contributed by atoms with Gasteiger partial charge < -0.3 is 27.2 Å². The van der Waals surface area contributed by atoms with E-state index in [9.17, 15) is 4.79 Å². The summed E-state index contributed by atoms with van der Waals surface area (Å²) < 4.78 is 38.9. The molecule has 0 bridgehead atoms. The molecule has 0 N–H and O–H groups in total. The number of aryl methyl sites for hydroxylation is 1. The van der Waals surface area contributed by atoms with Gasteiger partial charge in [-0.3, -0.25) is 4.79 Å². The van der Waals surface area contributed by atoms with Crippen LogP contribution in [0.1, 0.15) is 5.56 Å². The van der Waals surface area contributed by atoms with Gasteiger partial charge >= 0.3 is 5.97 Å². The van der Waals surface area contributed by atoms with Gasteiger partial charge in [-0.15, -0.1) is 0 Å². The summed E-state index contributed by atoms with van der Waals surface area (Å²) in [5.41, 5.74) is 1.13. The number of rotatable bonds is 10. The first-order valence-corrected chi connectivity index (χ1v) is 26.4. The maximum atomic E-state index is 13.5. The average Bonchev–Trinajstić information content (AvgIpc) is 2.63. The van der Waals surface area contributed by atoms with Gasteiger partial charge in [-0.2, -0.15) is 0 Å². The molecule has 0 amide bonds. The van der Waals surface area contributed by atoms with Gasteiger partial charge in [0.15, 0.2) is 31.1 Å². The smallest absolute Gasteiger partial charge is 0.324 e. The summed E-state index contributed by atoms with van der Waals surface area (Å²) in [4.78, 5) is 13.5. The van der Waals surface area contributed by atoms with E-state index in [1.807, 2.05) is 50.8 Å². The molecule has 1 aliphatic rings. The van der Waals surface area contributed by atoms with E-state index in [-0.39, 0.29) is 0 Å². The van der Waals surface area contributed by atoms with Crippen LogP contribution in [0.5, 0.6) is 5.75 Å². The molecule has 1 aromatic carbocycles. The first-order valence-electron chi connectivity index (χ1n) is 12.8. The summed E-state index contributed by atoms with van der Waals surface area (Å²) in [6.45, 7) is 27.0. The Morgan fingerprint density at radius 3 is 1.56 bits per heavy atom.